The lowest BCUT2D eigenvalue weighted by atomic mass is 9.70. The quantitative estimate of drug-likeness (QED) is 0.321. The lowest BCUT2D eigenvalue weighted by Crippen LogP contribution is -2.44. The summed E-state index contributed by atoms with van der Waals surface area (Å²) in [7, 11) is -2.15. The van der Waals surface area contributed by atoms with Crippen molar-refractivity contribution >= 4 is 8.32 Å². The zero-order chi connectivity index (χ0) is 31.0. The fourth-order valence-electron chi connectivity index (χ4n) is 7.70. The molecule has 2 aliphatic carbocycles. The highest BCUT2D eigenvalue weighted by atomic mass is 28.4. The van der Waals surface area contributed by atoms with Gasteiger partial charge in [0.25, 0.3) is 0 Å². The number of hydrogen-bond donors (Lipinski definition) is 0. The molecule has 0 radical (unpaired) electrons. The summed E-state index contributed by atoms with van der Waals surface area (Å²) in [6.45, 7) is 17.5. The largest absolute Gasteiger partial charge is 0.416 e. The molecule has 1 aromatic carbocycles. The number of rotatable bonds is 4. The van der Waals surface area contributed by atoms with Gasteiger partial charge in [-0.15, -0.1) is 0 Å². The van der Waals surface area contributed by atoms with Crippen molar-refractivity contribution < 1.29 is 27.1 Å². The van der Waals surface area contributed by atoms with Gasteiger partial charge in [-0.05, 0) is 85.3 Å². The molecular weight excluding hydrogens is 567 g/mol. The third-order valence-electron chi connectivity index (χ3n) is 11.0. The topological polar surface area (TPSA) is 40.6 Å². The van der Waals surface area contributed by atoms with Gasteiger partial charge in [0, 0.05) is 36.0 Å². The minimum Gasteiger partial charge on any atom is -0.410 e. The Bertz CT molecular complexity index is 1350. The summed E-state index contributed by atoms with van der Waals surface area (Å²) in [5, 5.41) is 0.0533. The van der Waals surface area contributed by atoms with E-state index in [1.807, 2.05) is 0 Å². The summed E-state index contributed by atoms with van der Waals surface area (Å²) in [6.07, 6.45) is 2.62. The van der Waals surface area contributed by atoms with Crippen molar-refractivity contribution in [2.75, 3.05) is 13.2 Å². The zero-order valence-corrected chi connectivity index (χ0v) is 27.9. The summed E-state index contributed by atoms with van der Waals surface area (Å²) in [5.74, 6) is 0.231. The molecule has 236 valence electrons. The van der Waals surface area contributed by atoms with Gasteiger partial charge in [-0.2, -0.15) is 13.2 Å². The van der Waals surface area contributed by atoms with E-state index in [9.17, 15) is 13.2 Å². The minimum absolute atomic E-state index is 0.0311. The predicted molar refractivity (Wildman–Crippen MR) is 165 cm³/mol. The molecule has 6 rings (SSSR count). The molecule has 0 bridgehead atoms. The Labute approximate surface area is 256 Å². The molecule has 0 N–H and O–H groups in total. The Hall–Kier alpha value is -1.74. The highest BCUT2D eigenvalue weighted by molar-refractivity contribution is 6.74. The van der Waals surface area contributed by atoms with Crippen LogP contribution in [0, 0.1) is 5.41 Å². The van der Waals surface area contributed by atoms with Crippen molar-refractivity contribution in [1.82, 2.24) is 4.98 Å². The monoisotopic (exact) mass is 615 g/mol. The van der Waals surface area contributed by atoms with Crippen molar-refractivity contribution in [3.05, 3.63) is 63.5 Å². The molecule has 2 unspecified atom stereocenters. The van der Waals surface area contributed by atoms with Gasteiger partial charge in [-0.3, -0.25) is 4.98 Å². The number of ether oxygens (including phenoxy) is 2. The Morgan fingerprint density at radius 3 is 2.16 bits per heavy atom. The van der Waals surface area contributed by atoms with Gasteiger partial charge in [0.15, 0.2) is 8.32 Å². The van der Waals surface area contributed by atoms with E-state index in [2.05, 4.69) is 47.7 Å². The van der Waals surface area contributed by atoms with Crippen LogP contribution >= 0.6 is 0 Å². The third-order valence-corrected chi connectivity index (χ3v) is 15.4. The lowest BCUT2D eigenvalue weighted by molar-refractivity contribution is -0.137. The molecule has 4 nitrogen and oxygen atoms in total. The molecule has 8 heteroatoms. The van der Waals surface area contributed by atoms with Gasteiger partial charge >= 0.3 is 6.18 Å². The second kappa shape index (κ2) is 10.7. The smallest absolute Gasteiger partial charge is 0.410 e. The van der Waals surface area contributed by atoms with Crippen LogP contribution in [0.25, 0.3) is 0 Å². The highest BCUT2D eigenvalue weighted by Gasteiger charge is 2.54. The summed E-state index contributed by atoms with van der Waals surface area (Å²) < 4.78 is 60.9. The van der Waals surface area contributed by atoms with Gasteiger partial charge in [0.05, 0.1) is 23.0 Å². The van der Waals surface area contributed by atoms with E-state index in [1.165, 1.54) is 23.3 Å². The molecule has 1 spiro atoms. The van der Waals surface area contributed by atoms with E-state index in [0.29, 0.717) is 13.2 Å². The van der Waals surface area contributed by atoms with Crippen LogP contribution in [0.1, 0.15) is 137 Å². The number of alkyl halides is 3. The fraction of sp³-hybridized carbons (Fsp3) is 0.686. The molecule has 2 aliphatic heterocycles. The Morgan fingerprint density at radius 1 is 0.953 bits per heavy atom. The molecule has 1 saturated heterocycles. The van der Waals surface area contributed by atoms with Gasteiger partial charge in [0.2, 0.25) is 0 Å². The fourth-order valence-corrected chi connectivity index (χ4v) is 8.97. The van der Waals surface area contributed by atoms with Crippen molar-refractivity contribution in [3.8, 4) is 0 Å². The van der Waals surface area contributed by atoms with Gasteiger partial charge in [0.1, 0.15) is 6.10 Å². The SMILES string of the molecule is CC1(C)Cc2nc(C3CCOCC3)c3c(c2C(O[Si](C)(C)C(C)(C)C)C1)C1(CCCC1)OC3c1ccc(C(F)(F)F)cc1. The summed E-state index contributed by atoms with van der Waals surface area (Å²) in [4.78, 5) is 5.55. The van der Waals surface area contributed by atoms with Gasteiger partial charge in [-0.1, -0.05) is 59.6 Å². The number of pyridine rings is 1. The Morgan fingerprint density at radius 2 is 1.58 bits per heavy atom. The minimum atomic E-state index is -4.38. The number of nitrogens with zero attached hydrogens (tertiary/aromatic N) is 1. The summed E-state index contributed by atoms with van der Waals surface area (Å²) in [5.41, 5.74) is 5.52. The van der Waals surface area contributed by atoms with E-state index < -0.39 is 31.8 Å². The lowest BCUT2D eigenvalue weighted by Gasteiger charge is -2.45. The number of fused-ring (bicyclic) bond motifs is 4. The average Bonchev–Trinajstić information content (AvgIpc) is 3.52. The number of halogens is 3. The van der Waals surface area contributed by atoms with Crippen LogP contribution in [-0.4, -0.2) is 26.5 Å². The second-order valence-electron chi connectivity index (χ2n) is 15.8. The van der Waals surface area contributed by atoms with Crippen molar-refractivity contribution in [1.29, 1.82) is 0 Å². The van der Waals surface area contributed by atoms with Gasteiger partial charge in [-0.25, -0.2) is 0 Å². The van der Waals surface area contributed by atoms with Crippen molar-refractivity contribution in [2.24, 2.45) is 5.41 Å². The van der Waals surface area contributed by atoms with Crippen LogP contribution in [0.2, 0.25) is 18.1 Å². The maximum Gasteiger partial charge on any atom is 0.416 e. The summed E-state index contributed by atoms with van der Waals surface area (Å²) >= 11 is 0. The number of aromatic nitrogens is 1. The van der Waals surface area contributed by atoms with Crippen LogP contribution in [-0.2, 0) is 32.1 Å². The molecule has 2 atom stereocenters. The van der Waals surface area contributed by atoms with E-state index in [-0.39, 0.29) is 22.5 Å². The number of hydrogen-bond acceptors (Lipinski definition) is 4. The van der Waals surface area contributed by atoms with Crippen LogP contribution in [0.15, 0.2) is 24.3 Å². The van der Waals surface area contributed by atoms with E-state index in [1.54, 1.807) is 12.1 Å². The first-order valence-electron chi connectivity index (χ1n) is 16.2. The standard InChI is InChI=1S/C35H48F3NO3Si/c1-32(2,3)43(6,7)42-26-21-33(4,5)20-25-27(26)29-28(30(39-25)22-14-18-40-19-15-22)31(41-34(29)16-8-9-17-34)23-10-12-24(13-11-23)35(36,37)38/h10-13,22,26,31H,8-9,14-21H2,1-7H3. The van der Waals surface area contributed by atoms with Crippen LogP contribution in [0.4, 0.5) is 13.2 Å². The van der Waals surface area contributed by atoms with Crippen molar-refractivity contribution in [2.45, 2.75) is 134 Å². The summed E-state index contributed by atoms with van der Waals surface area (Å²) in [6, 6.07) is 5.63. The first kappa shape index (κ1) is 31.2. The maximum atomic E-state index is 13.5. The van der Waals surface area contributed by atoms with E-state index >= 15 is 0 Å². The molecule has 0 amide bonds. The van der Waals surface area contributed by atoms with Gasteiger partial charge < -0.3 is 13.9 Å². The number of benzene rings is 1. The Balaban J connectivity index is 1.59. The molecule has 43 heavy (non-hydrogen) atoms. The van der Waals surface area contributed by atoms with E-state index in [0.717, 1.165) is 73.9 Å². The predicted octanol–water partition coefficient (Wildman–Crippen LogP) is 9.92. The van der Waals surface area contributed by atoms with Crippen molar-refractivity contribution in [3.63, 3.8) is 0 Å². The molecule has 1 saturated carbocycles. The molecule has 2 fully saturated rings. The first-order chi connectivity index (χ1) is 20.0. The first-order valence-corrected chi connectivity index (χ1v) is 19.1. The van der Waals surface area contributed by atoms with Crippen LogP contribution in [0.5, 0.6) is 0 Å². The zero-order valence-electron chi connectivity index (χ0n) is 26.9. The molecule has 3 heterocycles. The van der Waals surface area contributed by atoms with Crippen LogP contribution < -0.4 is 0 Å². The molecule has 1 aromatic heterocycles. The average molecular weight is 616 g/mol. The molecule has 4 aliphatic rings. The maximum absolute atomic E-state index is 13.5. The molecule has 2 aromatic rings. The molecular formula is C35H48F3NO3Si. The van der Waals surface area contributed by atoms with E-state index in [4.69, 9.17) is 18.9 Å². The third kappa shape index (κ3) is 5.63. The normalized spacial score (nSPS) is 25.6. The Kier molecular flexibility index (Phi) is 7.75. The second-order valence-corrected chi connectivity index (χ2v) is 20.5. The highest BCUT2D eigenvalue weighted by Crippen LogP contribution is 2.61. The van der Waals surface area contributed by atoms with Crippen LogP contribution in [0.3, 0.4) is 0 Å².